The zero-order valence-corrected chi connectivity index (χ0v) is 20.9. The topological polar surface area (TPSA) is 109 Å². The van der Waals surface area contributed by atoms with Gasteiger partial charge in [0.2, 0.25) is 0 Å². The van der Waals surface area contributed by atoms with Gasteiger partial charge in [-0.15, -0.1) is 0 Å². The molecule has 1 aromatic heterocycles. The van der Waals surface area contributed by atoms with E-state index in [1.54, 1.807) is 32.0 Å². The van der Waals surface area contributed by atoms with Crippen molar-refractivity contribution < 1.29 is 19.1 Å². The van der Waals surface area contributed by atoms with E-state index in [1.807, 2.05) is 13.8 Å². The zero-order valence-electron chi connectivity index (χ0n) is 20.9. The standard InChI is InChI=1S/C25H33N3O6/c1-8-33-22(31)17-18(23(32)34-9-2)27-20(29)15-12-10-11-13-16(15)21(30)28(27)19(17)26-25(6,7)14-24(3,4)5/h10-13,18,26H,8-9,14H2,1-7H3. The third kappa shape index (κ3) is 4.64. The maximum atomic E-state index is 13.6. The summed E-state index contributed by atoms with van der Waals surface area (Å²) in [5.41, 5.74) is -1.94. The SMILES string of the molecule is CCOC(=O)C1=C(NC(C)(C)CC(C)(C)C)n2c(=O)c3ccccc3c(=O)n2C1C(=O)OCC. The van der Waals surface area contributed by atoms with Gasteiger partial charge in [-0.2, -0.15) is 4.68 Å². The Morgan fingerprint density at radius 2 is 1.50 bits per heavy atom. The number of esters is 2. The largest absolute Gasteiger partial charge is 0.464 e. The van der Waals surface area contributed by atoms with Crippen LogP contribution >= 0.6 is 0 Å². The van der Waals surface area contributed by atoms with Gasteiger partial charge in [0.15, 0.2) is 6.04 Å². The van der Waals surface area contributed by atoms with Crippen LogP contribution in [0.2, 0.25) is 0 Å². The molecule has 1 aromatic carbocycles. The van der Waals surface area contributed by atoms with Crippen LogP contribution in [0.15, 0.2) is 39.4 Å². The van der Waals surface area contributed by atoms with Crippen LogP contribution in [0.4, 0.5) is 0 Å². The average molecular weight is 472 g/mol. The second kappa shape index (κ2) is 9.12. The first kappa shape index (κ1) is 25.3. The van der Waals surface area contributed by atoms with E-state index < -0.39 is 34.6 Å². The molecular formula is C25H33N3O6. The van der Waals surface area contributed by atoms with E-state index >= 15 is 0 Å². The van der Waals surface area contributed by atoms with E-state index in [0.717, 1.165) is 9.36 Å². The Hall–Kier alpha value is -3.36. The summed E-state index contributed by atoms with van der Waals surface area (Å²) in [5.74, 6) is -1.56. The first-order chi connectivity index (χ1) is 15.8. The van der Waals surface area contributed by atoms with Crippen molar-refractivity contribution in [3.8, 4) is 0 Å². The molecule has 9 heteroatoms. The van der Waals surface area contributed by atoms with Crippen molar-refractivity contribution in [3.05, 3.63) is 50.5 Å². The van der Waals surface area contributed by atoms with Gasteiger partial charge in [0.1, 0.15) is 11.4 Å². The summed E-state index contributed by atoms with van der Waals surface area (Å²) >= 11 is 0. The van der Waals surface area contributed by atoms with Crippen molar-refractivity contribution in [2.75, 3.05) is 13.2 Å². The Morgan fingerprint density at radius 1 is 0.941 bits per heavy atom. The van der Waals surface area contributed by atoms with Crippen LogP contribution in [0.1, 0.15) is 60.9 Å². The first-order valence-electron chi connectivity index (χ1n) is 11.5. The van der Waals surface area contributed by atoms with E-state index in [9.17, 15) is 19.2 Å². The summed E-state index contributed by atoms with van der Waals surface area (Å²) in [4.78, 5) is 53.4. The van der Waals surface area contributed by atoms with E-state index in [1.165, 1.54) is 6.07 Å². The second-order valence-corrected chi connectivity index (χ2v) is 10.2. The predicted molar refractivity (Wildman–Crippen MR) is 129 cm³/mol. The molecule has 9 nitrogen and oxygen atoms in total. The number of nitrogens with zero attached hydrogens (tertiary/aromatic N) is 2. The Balaban J connectivity index is 2.40. The Morgan fingerprint density at radius 3 is 2.03 bits per heavy atom. The predicted octanol–water partition coefficient (Wildman–Crippen LogP) is 2.82. The van der Waals surface area contributed by atoms with Crippen molar-refractivity contribution in [2.24, 2.45) is 5.41 Å². The molecule has 2 aromatic rings. The van der Waals surface area contributed by atoms with E-state index in [-0.39, 0.29) is 40.8 Å². The molecule has 1 unspecified atom stereocenters. The molecule has 0 aliphatic carbocycles. The van der Waals surface area contributed by atoms with Crippen molar-refractivity contribution >= 4 is 28.5 Å². The number of carbonyl (C=O) groups excluding carboxylic acids is 2. The van der Waals surface area contributed by atoms with Gasteiger partial charge in [0.05, 0.1) is 24.0 Å². The van der Waals surface area contributed by atoms with E-state index in [4.69, 9.17) is 9.47 Å². The molecule has 0 fully saturated rings. The highest BCUT2D eigenvalue weighted by atomic mass is 16.5. The smallest absolute Gasteiger partial charge is 0.340 e. The van der Waals surface area contributed by atoms with Crippen LogP contribution in [0, 0.1) is 5.41 Å². The third-order valence-electron chi connectivity index (χ3n) is 5.42. The number of nitrogens with one attached hydrogen (secondary N) is 1. The molecule has 1 N–H and O–H groups in total. The maximum Gasteiger partial charge on any atom is 0.340 e. The van der Waals surface area contributed by atoms with Gasteiger partial charge in [-0.3, -0.25) is 9.59 Å². The number of rotatable bonds is 7. The molecule has 0 saturated heterocycles. The molecule has 1 atom stereocenters. The van der Waals surface area contributed by atoms with Gasteiger partial charge in [0.25, 0.3) is 11.1 Å². The lowest BCUT2D eigenvalue weighted by molar-refractivity contribution is -0.149. The van der Waals surface area contributed by atoms with Crippen LogP contribution in [0.3, 0.4) is 0 Å². The monoisotopic (exact) mass is 471 g/mol. The minimum absolute atomic E-state index is 0.0380. The van der Waals surface area contributed by atoms with Crippen LogP contribution in [0.25, 0.3) is 16.6 Å². The van der Waals surface area contributed by atoms with Gasteiger partial charge in [0, 0.05) is 5.54 Å². The molecule has 0 saturated carbocycles. The van der Waals surface area contributed by atoms with Gasteiger partial charge < -0.3 is 14.8 Å². The molecule has 0 radical (unpaired) electrons. The van der Waals surface area contributed by atoms with E-state index in [0.29, 0.717) is 6.42 Å². The molecule has 184 valence electrons. The molecule has 0 bridgehead atoms. The number of ether oxygens (including phenoxy) is 2. The molecule has 1 aliphatic heterocycles. The molecule has 34 heavy (non-hydrogen) atoms. The third-order valence-corrected chi connectivity index (χ3v) is 5.42. The van der Waals surface area contributed by atoms with Crippen LogP contribution in [-0.4, -0.2) is 40.1 Å². The van der Waals surface area contributed by atoms with Gasteiger partial charge in [-0.05, 0) is 51.7 Å². The van der Waals surface area contributed by atoms with Gasteiger partial charge in [-0.1, -0.05) is 32.9 Å². The summed E-state index contributed by atoms with van der Waals surface area (Å²) in [6.07, 6.45) is 0.663. The van der Waals surface area contributed by atoms with Crippen molar-refractivity contribution in [2.45, 2.75) is 66.5 Å². The fourth-order valence-electron chi connectivity index (χ4n) is 4.76. The quantitative estimate of drug-likeness (QED) is 0.619. The van der Waals surface area contributed by atoms with Crippen LogP contribution in [0.5, 0.6) is 0 Å². The number of benzene rings is 1. The van der Waals surface area contributed by atoms with Crippen molar-refractivity contribution in [1.82, 2.24) is 14.7 Å². The summed E-state index contributed by atoms with van der Waals surface area (Å²) in [5, 5.41) is 3.63. The number of fused-ring (bicyclic) bond motifs is 2. The second-order valence-electron chi connectivity index (χ2n) is 10.2. The first-order valence-corrected chi connectivity index (χ1v) is 11.5. The highest BCUT2D eigenvalue weighted by Crippen LogP contribution is 2.34. The number of carbonyl (C=O) groups is 2. The lowest BCUT2D eigenvalue weighted by Gasteiger charge is -2.35. The summed E-state index contributed by atoms with van der Waals surface area (Å²) in [7, 11) is 0. The average Bonchev–Trinajstić information content (AvgIpc) is 3.05. The molecule has 2 heterocycles. The van der Waals surface area contributed by atoms with Gasteiger partial charge >= 0.3 is 11.9 Å². The minimum atomic E-state index is -1.46. The molecule has 0 spiro atoms. The van der Waals surface area contributed by atoms with Crippen LogP contribution < -0.4 is 16.4 Å². The fraction of sp³-hybridized carbons (Fsp3) is 0.520. The van der Waals surface area contributed by atoms with Crippen molar-refractivity contribution in [1.29, 1.82) is 0 Å². The number of aromatic nitrogens is 2. The summed E-state index contributed by atoms with van der Waals surface area (Å²) in [6, 6.07) is 4.91. The Bertz CT molecular complexity index is 1280. The number of hydrogen-bond acceptors (Lipinski definition) is 7. The lowest BCUT2D eigenvalue weighted by atomic mass is 9.81. The highest BCUT2D eigenvalue weighted by molar-refractivity contribution is 6.03. The van der Waals surface area contributed by atoms with Crippen molar-refractivity contribution in [3.63, 3.8) is 0 Å². The Labute approximate surface area is 198 Å². The zero-order chi connectivity index (χ0) is 25.4. The number of hydrogen-bond donors (Lipinski definition) is 1. The Kier molecular flexibility index (Phi) is 6.78. The maximum absolute atomic E-state index is 13.6. The highest BCUT2D eigenvalue weighted by Gasteiger charge is 2.45. The van der Waals surface area contributed by atoms with E-state index in [2.05, 4.69) is 26.1 Å². The summed E-state index contributed by atoms with van der Waals surface area (Å²) < 4.78 is 12.6. The van der Waals surface area contributed by atoms with Gasteiger partial charge in [-0.25, -0.2) is 14.3 Å². The summed E-state index contributed by atoms with van der Waals surface area (Å²) in [6.45, 7) is 13.4. The molecular weight excluding hydrogens is 438 g/mol. The normalized spacial score (nSPS) is 15.9. The molecule has 1 aliphatic rings. The van der Waals surface area contributed by atoms with Crippen LogP contribution in [-0.2, 0) is 19.1 Å². The molecule has 0 amide bonds. The minimum Gasteiger partial charge on any atom is -0.464 e. The molecule has 3 rings (SSSR count). The lowest BCUT2D eigenvalue weighted by Crippen LogP contribution is -2.46. The fourth-order valence-corrected chi connectivity index (χ4v) is 4.76.